The zero-order chi connectivity index (χ0) is 16.8. The largest absolute Gasteiger partial charge is 0.905 e. The Morgan fingerprint density at radius 2 is 0.818 bits per heavy atom. The highest BCUT2D eigenvalue weighted by Gasteiger charge is 2.30. The summed E-state index contributed by atoms with van der Waals surface area (Å²) in [5.41, 5.74) is 0. The van der Waals surface area contributed by atoms with Crippen molar-refractivity contribution in [1.82, 2.24) is 0 Å². The van der Waals surface area contributed by atoms with Crippen molar-refractivity contribution in [3.05, 3.63) is 0 Å². The average molecular weight is 330 g/mol. The lowest BCUT2D eigenvalue weighted by molar-refractivity contribution is 0.0867. The number of rotatable bonds is 15. The predicted molar refractivity (Wildman–Crippen MR) is 95.8 cm³/mol. The summed E-state index contributed by atoms with van der Waals surface area (Å²) in [5.74, 6) is 2.22. The number of hydrogen-bond donors (Lipinski definition) is 0. The van der Waals surface area contributed by atoms with Crippen LogP contribution in [0.3, 0.4) is 0 Å². The van der Waals surface area contributed by atoms with Gasteiger partial charge < -0.3 is 11.4 Å². The first-order valence-electron chi connectivity index (χ1n) is 9.26. The van der Waals surface area contributed by atoms with E-state index in [0.717, 1.165) is 56.8 Å². The summed E-state index contributed by atoms with van der Waals surface area (Å²) in [6.07, 6.45) is 6.94. The first kappa shape index (κ1) is 22.4. The predicted octanol–water partition coefficient (Wildman–Crippen LogP) is 5.33. The fraction of sp³-hybridized carbons (Fsp3) is 1.00. The molecule has 0 N–H and O–H groups in total. The van der Waals surface area contributed by atoms with E-state index in [0.29, 0.717) is 0 Å². The molecule has 0 saturated carbocycles. The molecule has 0 unspecified atom stereocenters. The van der Waals surface area contributed by atoms with E-state index in [4.69, 9.17) is 11.4 Å². The molecule has 0 aliphatic carbocycles. The van der Waals surface area contributed by atoms with Gasteiger partial charge in [0.1, 0.15) is 0 Å². The van der Waals surface area contributed by atoms with Crippen molar-refractivity contribution in [1.29, 1.82) is 0 Å². The Balaban J connectivity index is 3.86. The second kappa shape index (κ2) is 15.0. The maximum Gasteiger partial charge on any atom is 0.905 e. The van der Waals surface area contributed by atoms with Gasteiger partial charge in [0.2, 0.25) is 0 Å². The van der Waals surface area contributed by atoms with Crippen molar-refractivity contribution >= 4 is 15.1 Å². The third-order valence-corrected chi connectivity index (χ3v) is 5.06. The third-order valence-electron chi connectivity index (χ3n) is 3.54. The van der Waals surface area contributed by atoms with Crippen LogP contribution in [0.2, 0.25) is 0 Å². The lowest BCUT2D eigenvalue weighted by atomic mass is 10.1. The fourth-order valence-electron chi connectivity index (χ4n) is 2.16. The Hall–Kier alpha value is 0.412. The Morgan fingerprint density at radius 1 is 0.545 bits per heavy atom. The standard InChI is InChI=1S/3C6H13O.Al/c3*1-6(2)4-3-5-7;/h3*6H,3-5H2,1-2H3;/q3*-1;+3. The summed E-state index contributed by atoms with van der Waals surface area (Å²) in [5, 5.41) is 0. The van der Waals surface area contributed by atoms with Crippen molar-refractivity contribution in [2.45, 2.75) is 80.1 Å². The fourth-order valence-corrected chi connectivity index (χ4v) is 3.52. The van der Waals surface area contributed by atoms with Crippen molar-refractivity contribution in [2.24, 2.45) is 17.8 Å². The molecule has 0 amide bonds. The van der Waals surface area contributed by atoms with Crippen molar-refractivity contribution in [2.75, 3.05) is 19.8 Å². The molecule has 3 nitrogen and oxygen atoms in total. The van der Waals surface area contributed by atoms with Gasteiger partial charge in [-0.15, -0.1) is 0 Å². The van der Waals surface area contributed by atoms with Gasteiger partial charge >= 0.3 is 15.1 Å². The Labute approximate surface area is 144 Å². The van der Waals surface area contributed by atoms with Gasteiger partial charge in [0.25, 0.3) is 0 Å². The van der Waals surface area contributed by atoms with Gasteiger partial charge in [-0.3, -0.25) is 0 Å². The van der Waals surface area contributed by atoms with Gasteiger partial charge in [0.05, 0.1) is 0 Å². The molecule has 0 radical (unpaired) electrons. The molecule has 0 rings (SSSR count). The topological polar surface area (TPSA) is 27.7 Å². The molecule has 0 saturated heterocycles. The van der Waals surface area contributed by atoms with Gasteiger partial charge in [-0.25, -0.2) is 0 Å². The molecule has 0 bridgehead atoms. The van der Waals surface area contributed by atoms with Crippen LogP contribution in [0.15, 0.2) is 0 Å². The van der Waals surface area contributed by atoms with Crippen LogP contribution in [-0.2, 0) is 11.4 Å². The van der Waals surface area contributed by atoms with Crippen molar-refractivity contribution < 1.29 is 11.4 Å². The molecule has 0 heterocycles. The van der Waals surface area contributed by atoms with Crippen LogP contribution in [-0.4, -0.2) is 35.0 Å². The molecule has 0 fully saturated rings. The van der Waals surface area contributed by atoms with E-state index in [-0.39, 0.29) is 0 Å². The van der Waals surface area contributed by atoms with Crippen LogP contribution in [0, 0.1) is 17.8 Å². The molecule has 0 aromatic rings. The molecule has 132 valence electrons. The minimum absolute atomic E-state index is 0.739. The summed E-state index contributed by atoms with van der Waals surface area (Å²) in [4.78, 5) is 0. The molecular weight excluding hydrogens is 291 g/mol. The third kappa shape index (κ3) is 16.8. The number of hydrogen-bond acceptors (Lipinski definition) is 3. The van der Waals surface area contributed by atoms with Gasteiger partial charge in [0, 0.05) is 19.8 Å². The summed E-state index contributed by atoms with van der Waals surface area (Å²) >= 11 is -1.92. The van der Waals surface area contributed by atoms with E-state index < -0.39 is 15.1 Å². The van der Waals surface area contributed by atoms with Gasteiger partial charge in [-0.1, -0.05) is 41.5 Å². The molecule has 22 heavy (non-hydrogen) atoms. The van der Waals surface area contributed by atoms with Gasteiger partial charge in [0.15, 0.2) is 0 Å². The van der Waals surface area contributed by atoms with E-state index in [1.54, 1.807) is 0 Å². The monoisotopic (exact) mass is 330 g/mol. The van der Waals surface area contributed by atoms with E-state index in [1.807, 2.05) is 0 Å². The summed E-state index contributed by atoms with van der Waals surface area (Å²) in [6.45, 7) is 15.8. The molecule has 4 heteroatoms. The highest BCUT2D eigenvalue weighted by molar-refractivity contribution is 6.36. The average Bonchev–Trinajstić information content (AvgIpc) is 2.42. The molecule has 0 spiro atoms. The molecule has 0 aromatic carbocycles. The minimum atomic E-state index is -1.92. The minimum Gasteiger partial charge on any atom is -0.454 e. The lowest BCUT2D eigenvalue weighted by Gasteiger charge is -2.15. The smallest absolute Gasteiger partial charge is 0.454 e. The van der Waals surface area contributed by atoms with Gasteiger partial charge in [-0.2, -0.15) is 0 Å². The second-order valence-electron chi connectivity index (χ2n) is 7.51. The maximum absolute atomic E-state index is 5.90. The summed E-state index contributed by atoms with van der Waals surface area (Å²) in [7, 11) is 0. The SMILES string of the molecule is CC(C)CCC[O][Al]([O]CCCC(C)C)[O]CCCC(C)C. The van der Waals surface area contributed by atoms with E-state index in [9.17, 15) is 0 Å². The Morgan fingerprint density at radius 3 is 1.05 bits per heavy atom. The van der Waals surface area contributed by atoms with Gasteiger partial charge in [-0.05, 0) is 56.3 Å². The zero-order valence-electron chi connectivity index (χ0n) is 15.9. The van der Waals surface area contributed by atoms with E-state index in [1.165, 1.54) is 19.3 Å². The maximum atomic E-state index is 5.90. The molecule has 0 aliphatic heterocycles. The lowest BCUT2D eigenvalue weighted by Crippen LogP contribution is -2.29. The van der Waals surface area contributed by atoms with Crippen LogP contribution in [0.1, 0.15) is 80.1 Å². The Kier molecular flexibility index (Phi) is 15.3. The van der Waals surface area contributed by atoms with Crippen LogP contribution in [0.4, 0.5) is 0 Å². The van der Waals surface area contributed by atoms with Crippen LogP contribution >= 0.6 is 0 Å². The quantitative estimate of drug-likeness (QED) is 0.300. The molecular formula is C18H39AlO3. The van der Waals surface area contributed by atoms with Crippen LogP contribution in [0.5, 0.6) is 0 Å². The van der Waals surface area contributed by atoms with Crippen LogP contribution < -0.4 is 0 Å². The normalized spacial score (nSPS) is 11.9. The first-order chi connectivity index (χ1) is 10.4. The van der Waals surface area contributed by atoms with E-state index in [2.05, 4.69) is 41.5 Å². The molecule has 0 aliphatic rings. The molecule has 0 aromatic heterocycles. The van der Waals surface area contributed by atoms with Crippen molar-refractivity contribution in [3.63, 3.8) is 0 Å². The summed E-state index contributed by atoms with van der Waals surface area (Å²) in [6, 6.07) is 0. The Bertz CT molecular complexity index is 194. The summed E-state index contributed by atoms with van der Waals surface area (Å²) < 4.78 is 17.7. The molecule has 0 atom stereocenters. The highest BCUT2D eigenvalue weighted by atomic mass is 27.3. The zero-order valence-corrected chi connectivity index (χ0v) is 17.1. The van der Waals surface area contributed by atoms with Crippen LogP contribution in [0.25, 0.3) is 0 Å². The highest BCUT2D eigenvalue weighted by Crippen LogP contribution is 2.08. The van der Waals surface area contributed by atoms with E-state index >= 15 is 0 Å². The second-order valence-corrected chi connectivity index (χ2v) is 9.09. The first-order valence-corrected chi connectivity index (χ1v) is 10.7. The van der Waals surface area contributed by atoms with Crippen molar-refractivity contribution in [3.8, 4) is 0 Å².